The van der Waals surface area contributed by atoms with Crippen molar-refractivity contribution in [1.82, 2.24) is 10.2 Å². The first-order valence-electron chi connectivity index (χ1n) is 6.41. The van der Waals surface area contributed by atoms with Crippen LogP contribution >= 0.6 is 0 Å². The van der Waals surface area contributed by atoms with Gasteiger partial charge in [-0.15, -0.1) is 6.58 Å². The molecule has 1 atom stereocenters. The third-order valence-corrected chi connectivity index (χ3v) is 3.38. The second kappa shape index (κ2) is 6.34. The second-order valence-corrected chi connectivity index (χ2v) is 4.56. The van der Waals surface area contributed by atoms with Gasteiger partial charge in [0.15, 0.2) is 0 Å². The summed E-state index contributed by atoms with van der Waals surface area (Å²) in [5.41, 5.74) is 1.95. The number of nitrogens with zero attached hydrogens (tertiary/aromatic N) is 2. The van der Waals surface area contributed by atoms with Gasteiger partial charge in [-0.25, -0.2) is 0 Å². The smallest absolute Gasteiger partial charge is 0.0991 e. The van der Waals surface area contributed by atoms with Crippen LogP contribution in [-0.4, -0.2) is 31.1 Å². The molecule has 94 valence electrons. The van der Waals surface area contributed by atoms with Gasteiger partial charge >= 0.3 is 0 Å². The first kappa shape index (κ1) is 12.8. The fraction of sp³-hybridized carbons (Fsp3) is 0.400. The van der Waals surface area contributed by atoms with E-state index in [1.165, 1.54) is 5.56 Å². The summed E-state index contributed by atoms with van der Waals surface area (Å²) in [5, 5.41) is 12.4. The standard InChI is InChI=1S/C15H19N3/c1-2-4-15(18-9-7-17-8-10-18)14-6-3-5-13(11-14)12-16/h2-3,5-6,11,15,17H,1,4,7-10H2/t15-/m0/s1. The molecule has 2 rings (SSSR count). The lowest BCUT2D eigenvalue weighted by molar-refractivity contribution is 0.174. The van der Waals surface area contributed by atoms with Gasteiger partial charge in [0.2, 0.25) is 0 Å². The van der Waals surface area contributed by atoms with Crippen molar-refractivity contribution < 1.29 is 0 Å². The summed E-state index contributed by atoms with van der Waals surface area (Å²) >= 11 is 0. The average molecular weight is 241 g/mol. The molecule has 1 saturated heterocycles. The Morgan fingerprint density at radius 3 is 2.89 bits per heavy atom. The molecule has 1 aromatic rings. The van der Waals surface area contributed by atoms with Crippen LogP contribution in [0.3, 0.4) is 0 Å². The van der Waals surface area contributed by atoms with Gasteiger partial charge in [0.25, 0.3) is 0 Å². The molecule has 0 spiro atoms. The molecule has 1 aliphatic heterocycles. The van der Waals surface area contributed by atoms with Crippen molar-refractivity contribution in [2.75, 3.05) is 26.2 Å². The van der Waals surface area contributed by atoms with Crippen molar-refractivity contribution >= 4 is 0 Å². The van der Waals surface area contributed by atoms with E-state index >= 15 is 0 Å². The van der Waals surface area contributed by atoms with Gasteiger partial charge in [-0.3, -0.25) is 4.90 Å². The largest absolute Gasteiger partial charge is 0.314 e. The van der Waals surface area contributed by atoms with Gasteiger partial charge in [-0.05, 0) is 24.1 Å². The van der Waals surface area contributed by atoms with E-state index in [0.29, 0.717) is 6.04 Å². The van der Waals surface area contributed by atoms with Crippen LogP contribution in [0.5, 0.6) is 0 Å². The van der Waals surface area contributed by atoms with Gasteiger partial charge in [-0.2, -0.15) is 5.26 Å². The third-order valence-electron chi connectivity index (χ3n) is 3.38. The molecule has 3 heteroatoms. The van der Waals surface area contributed by atoms with Crippen LogP contribution in [-0.2, 0) is 0 Å². The monoisotopic (exact) mass is 241 g/mol. The van der Waals surface area contributed by atoms with E-state index in [1.807, 2.05) is 24.3 Å². The van der Waals surface area contributed by atoms with Gasteiger partial charge in [0, 0.05) is 32.2 Å². The number of piperazine rings is 1. The number of rotatable bonds is 4. The number of nitriles is 1. The number of benzene rings is 1. The minimum atomic E-state index is 0.345. The minimum Gasteiger partial charge on any atom is -0.314 e. The van der Waals surface area contributed by atoms with E-state index in [2.05, 4.69) is 28.9 Å². The Hall–Kier alpha value is -1.63. The van der Waals surface area contributed by atoms with E-state index in [0.717, 1.165) is 38.2 Å². The molecule has 0 amide bonds. The van der Waals surface area contributed by atoms with Crippen molar-refractivity contribution in [2.45, 2.75) is 12.5 Å². The Bertz CT molecular complexity index is 441. The van der Waals surface area contributed by atoms with Crippen LogP contribution in [0.25, 0.3) is 0 Å². The van der Waals surface area contributed by atoms with E-state index < -0.39 is 0 Å². The first-order chi connectivity index (χ1) is 8.85. The molecular formula is C15H19N3. The lowest BCUT2D eigenvalue weighted by Crippen LogP contribution is -2.45. The Morgan fingerprint density at radius 1 is 1.44 bits per heavy atom. The Morgan fingerprint density at radius 2 is 2.22 bits per heavy atom. The molecule has 0 unspecified atom stereocenters. The Kier molecular flexibility index (Phi) is 4.52. The summed E-state index contributed by atoms with van der Waals surface area (Å²) in [6.07, 6.45) is 2.89. The zero-order chi connectivity index (χ0) is 12.8. The summed E-state index contributed by atoms with van der Waals surface area (Å²) in [7, 11) is 0. The van der Waals surface area contributed by atoms with Crippen LogP contribution in [0.1, 0.15) is 23.6 Å². The van der Waals surface area contributed by atoms with Crippen LogP contribution in [0.4, 0.5) is 0 Å². The van der Waals surface area contributed by atoms with Crippen molar-refractivity contribution in [3.05, 3.63) is 48.0 Å². The van der Waals surface area contributed by atoms with Crippen molar-refractivity contribution in [1.29, 1.82) is 5.26 Å². The highest BCUT2D eigenvalue weighted by atomic mass is 15.2. The van der Waals surface area contributed by atoms with E-state index in [1.54, 1.807) is 0 Å². The summed E-state index contributed by atoms with van der Waals surface area (Å²) in [6, 6.07) is 10.5. The molecule has 3 nitrogen and oxygen atoms in total. The number of hydrogen-bond donors (Lipinski definition) is 1. The van der Waals surface area contributed by atoms with Gasteiger partial charge < -0.3 is 5.32 Å². The SMILES string of the molecule is C=CC[C@@H](c1cccc(C#N)c1)N1CCNCC1. The molecule has 1 fully saturated rings. The Labute approximate surface area is 109 Å². The molecule has 1 aliphatic rings. The Balaban J connectivity index is 2.22. The molecule has 0 bridgehead atoms. The molecule has 0 aliphatic carbocycles. The fourth-order valence-corrected chi connectivity index (χ4v) is 2.46. The van der Waals surface area contributed by atoms with Gasteiger partial charge in [0.1, 0.15) is 0 Å². The van der Waals surface area contributed by atoms with Gasteiger partial charge in [0.05, 0.1) is 11.6 Å². The molecule has 1 heterocycles. The quantitative estimate of drug-likeness (QED) is 0.820. The van der Waals surface area contributed by atoms with Gasteiger partial charge in [-0.1, -0.05) is 18.2 Å². The zero-order valence-electron chi connectivity index (χ0n) is 10.6. The highest BCUT2D eigenvalue weighted by molar-refractivity contribution is 5.34. The topological polar surface area (TPSA) is 39.1 Å². The molecule has 0 aromatic heterocycles. The number of hydrogen-bond acceptors (Lipinski definition) is 3. The van der Waals surface area contributed by atoms with Crippen molar-refractivity contribution in [2.24, 2.45) is 0 Å². The van der Waals surface area contributed by atoms with E-state index in [9.17, 15) is 0 Å². The lowest BCUT2D eigenvalue weighted by Gasteiger charge is -2.34. The molecular weight excluding hydrogens is 222 g/mol. The predicted molar refractivity (Wildman–Crippen MR) is 73.2 cm³/mol. The predicted octanol–water partition coefficient (Wildman–Crippen LogP) is 2.08. The summed E-state index contributed by atoms with van der Waals surface area (Å²) < 4.78 is 0. The third kappa shape index (κ3) is 2.98. The van der Waals surface area contributed by atoms with E-state index in [-0.39, 0.29) is 0 Å². The van der Waals surface area contributed by atoms with Crippen LogP contribution in [0, 0.1) is 11.3 Å². The van der Waals surface area contributed by atoms with Crippen LogP contribution in [0.2, 0.25) is 0 Å². The maximum absolute atomic E-state index is 8.99. The normalized spacial score (nSPS) is 17.9. The minimum absolute atomic E-state index is 0.345. The molecule has 1 N–H and O–H groups in total. The summed E-state index contributed by atoms with van der Waals surface area (Å²) in [4.78, 5) is 2.47. The fourth-order valence-electron chi connectivity index (χ4n) is 2.46. The summed E-state index contributed by atoms with van der Waals surface area (Å²) in [5.74, 6) is 0. The summed E-state index contributed by atoms with van der Waals surface area (Å²) in [6.45, 7) is 8.02. The maximum Gasteiger partial charge on any atom is 0.0991 e. The van der Waals surface area contributed by atoms with Crippen molar-refractivity contribution in [3.63, 3.8) is 0 Å². The molecule has 0 radical (unpaired) electrons. The molecule has 1 aromatic carbocycles. The van der Waals surface area contributed by atoms with Crippen LogP contribution < -0.4 is 5.32 Å². The second-order valence-electron chi connectivity index (χ2n) is 4.56. The molecule has 0 saturated carbocycles. The maximum atomic E-state index is 8.99. The zero-order valence-corrected chi connectivity index (χ0v) is 10.6. The highest BCUT2D eigenvalue weighted by Crippen LogP contribution is 2.25. The lowest BCUT2D eigenvalue weighted by atomic mass is 9.99. The van der Waals surface area contributed by atoms with Crippen molar-refractivity contribution in [3.8, 4) is 6.07 Å². The van der Waals surface area contributed by atoms with E-state index in [4.69, 9.17) is 5.26 Å². The average Bonchev–Trinajstić information content (AvgIpc) is 2.46. The highest BCUT2D eigenvalue weighted by Gasteiger charge is 2.20. The van der Waals surface area contributed by atoms with Crippen LogP contribution in [0.15, 0.2) is 36.9 Å². The molecule has 18 heavy (non-hydrogen) atoms. The first-order valence-corrected chi connectivity index (χ1v) is 6.41. The number of nitrogens with one attached hydrogen (secondary N) is 1.